The summed E-state index contributed by atoms with van der Waals surface area (Å²) < 4.78 is 5.44. The molecule has 0 N–H and O–H groups in total. The van der Waals surface area contributed by atoms with E-state index in [1.54, 1.807) is 0 Å². The lowest BCUT2D eigenvalue weighted by Gasteiger charge is -2.17. The number of aldehydes is 1. The Hall–Kier alpha value is -0.370. The second-order valence-electron chi connectivity index (χ2n) is 3.60. The average Bonchev–Trinajstić information content (AvgIpc) is 2.58. The third kappa shape index (κ3) is 0.788. The van der Waals surface area contributed by atoms with Gasteiger partial charge in [-0.2, -0.15) is 0 Å². The summed E-state index contributed by atoms with van der Waals surface area (Å²) in [6.45, 7) is 2.10. The van der Waals surface area contributed by atoms with E-state index in [-0.39, 0.29) is 11.5 Å². The Morgan fingerprint density at radius 3 is 3.00 bits per heavy atom. The maximum absolute atomic E-state index is 10.4. The van der Waals surface area contributed by atoms with Crippen molar-refractivity contribution in [2.75, 3.05) is 0 Å². The van der Waals surface area contributed by atoms with E-state index >= 15 is 0 Å². The maximum Gasteiger partial charge on any atom is 0.123 e. The third-order valence-corrected chi connectivity index (χ3v) is 2.69. The summed E-state index contributed by atoms with van der Waals surface area (Å²) >= 11 is 0. The second kappa shape index (κ2) is 1.82. The first-order chi connectivity index (χ1) is 4.74. The molecule has 0 aromatic heterocycles. The molecule has 2 fully saturated rings. The zero-order chi connectivity index (χ0) is 7.19. The summed E-state index contributed by atoms with van der Waals surface area (Å²) in [5.74, 6) is 0.267. The van der Waals surface area contributed by atoms with Crippen LogP contribution in [-0.2, 0) is 9.53 Å². The number of carbonyl (C=O) groups is 1. The van der Waals surface area contributed by atoms with Gasteiger partial charge in [-0.25, -0.2) is 0 Å². The Balaban J connectivity index is 2.02. The fourth-order valence-electron chi connectivity index (χ4n) is 1.94. The van der Waals surface area contributed by atoms with Gasteiger partial charge in [-0.1, -0.05) is 0 Å². The molecule has 1 heterocycles. The van der Waals surface area contributed by atoms with Gasteiger partial charge in [0, 0.05) is 5.92 Å². The van der Waals surface area contributed by atoms with E-state index in [2.05, 4.69) is 6.92 Å². The molecule has 0 aromatic carbocycles. The smallest absolute Gasteiger partial charge is 0.123 e. The quantitative estimate of drug-likeness (QED) is 0.404. The zero-order valence-corrected chi connectivity index (χ0v) is 6.17. The first-order valence-corrected chi connectivity index (χ1v) is 3.88. The highest BCUT2D eigenvalue weighted by molar-refractivity contribution is 5.54. The Labute approximate surface area is 60.6 Å². The summed E-state index contributed by atoms with van der Waals surface area (Å²) in [7, 11) is 0. The van der Waals surface area contributed by atoms with Crippen molar-refractivity contribution in [3.05, 3.63) is 0 Å². The van der Waals surface area contributed by atoms with Crippen LogP contribution < -0.4 is 0 Å². The average molecular weight is 140 g/mol. The molecule has 0 amide bonds. The second-order valence-corrected chi connectivity index (χ2v) is 3.60. The van der Waals surface area contributed by atoms with Crippen LogP contribution in [0, 0.1) is 5.92 Å². The van der Waals surface area contributed by atoms with Crippen molar-refractivity contribution in [3.8, 4) is 0 Å². The number of hydrogen-bond acceptors (Lipinski definition) is 2. The Kier molecular flexibility index (Phi) is 1.15. The van der Waals surface area contributed by atoms with Gasteiger partial charge in [-0.05, 0) is 26.2 Å². The summed E-state index contributed by atoms with van der Waals surface area (Å²) in [5.41, 5.74) is 0.0871. The lowest BCUT2D eigenvalue weighted by molar-refractivity contribution is -0.112. The molecule has 2 heteroatoms. The molecular weight excluding hydrogens is 128 g/mol. The van der Waals surface area contributed by atoms with Crippen LogP contribution in [0.15, 0.2) is 0 Å². The summed E-state index contributed by atoms with van der Waals surface area (Å²) in [4.78, 5) is 10.4. The normalized spacial score (nSPS) is 51.7. The molecule has 1 aliphatic heterocycles. The number of rotatable bonds is 1. The van der Waals surface area contributed by atoms with Gasteiger partial charge in [0.05, 0.1) is 11.7 Å². The van der Waals surface area contributed by atoms with Gasteiger partial charge in [0.25, 0.3) is 0 Å². The lowest BCUT2D eigenvalue weighted by atomic mass is 9.83. The highest BCUT2D eigenvalue weighted by Gasteiger charge is 2.55. The van der Waals surface area contributed by atoms with Gasteiger partial charge in [-0.15, -0.1) is 0 Å². The summed E-state index contributed by atoms with van der Waals surface area (Å²) in [6, 6.07) is 0. The van der Waals surface area contributed by atoms with Crippen LogP contribution >= 0.6 is 0 Å². The van der Waals surface area contributed by atoms with Crippen molar-refractivity contribution in [2.45, 2.75) is 37.9 Å². The molecule has 1 saturated carbocycles. The molecule has 10 heavy (non-hydrogen) atoms. The van der Waals surface area contributed by atoms with E-state index in [9.17, 15) is 4.79 Å². The number of fused-ring (bicyclic) bond motifs is 1. The van der Waals surface area contributed by atoms with Gasteiger partial charge < -0.3 is 9.53 Å². The highest BCUT2D eigenvalue weighted by Crippen LogP contribution is 2.48. The van der Waals surface area contributed by atoms with E-state index < -0.39 is 0 Å². The van der Waals surface area contributed by atoms with Crippen molar-refractivity contribution < 1.29 is 9.53 Å². The molecule has 3 atom stereocenters. The van der Waals surface area contributed by atoms with Gasteiger partial charge in [0.15, 0.2) is 0 Å². The number of hydrogen-bond donors (Lipinski definition) is 0. The fourth-order valence-corrected chi connectivity index (χ4v) is 1.94. The standard InChI is InChI=1S/C8H12O2/c1-8-4-6(5-9)2-3-7(8)10-8/h5-7H,2-4H2,1H3. The van der Waals surface area contributed by atoms with Gasteiger partial charge in [0.2, 0.25) is 0 Å². The predicted octanol–water partition coefficient (Wildman–Crippen LogP) is 1.14. The van der Waals surface area contributed by atoms with E-state index in [1.165, 1.54) is 0 Å². The molecule has 56 valence electrons. The monoisotopic (exact) mass is 140 g/mol. The van der Waals surface area contributed by atoms with E-state index in [0.29, 0.717) is 6.10 Å². The first kappa shape index (κ1) is 6.35. The molecule has 1 aliphatic carbocycles. The predicted molar refractivity (Wildman–Crippen MR) is 36.7 cm³/mol. The lowest BCUT2D eigenvalue weighted by Crippen LogP contribution is -2.22. The van der Waals surface area contributed by atoms with Crippen LogP contribution in [0.25, 0.3) is 0 Å². The number of carbonyl (C=O) groups excluding carboxylic acids is 1. The number of ether oxygens (including phenoxy) is 1. The molecule has 0 spiro atoms. The molecular formula is C8H12O2. The first-order valence-electron chi connectivity index (χ1n) is 3.88. The molecule has 0 bridgehead atoms. The zero-order valence-electron chi connectivity index (χ0n) is 6.17. The number of epoxide rings is 1. The van der Waals surface area contributed by atoms with Crippen LogP contribution in [0.2, 0.25) is 0 Å². The summed E-state index contributed by atoms with van der Waals surface area (Å²) in [6.07, 6.45) is 4.61. The minimum Gasteiger partial charge on any atom is -0.366 e. The van der Waals surface area contributed by atoms with Crippen LogP contribution in [-0.4, -0.2) is 18.0 Å². The Morgan fingerprint density at radius 2 is 2.40 bits per heavy atom. The third-order valence-electron chi connectivity index (χ3n) is 2.69. The molecule has 1 saturated heterocycles. The van der Waals surface area contributed by atoms with E-state index in [1.807, 2.05) is 0 Å². The fraction of sp³-hybridized carbons (Fsp3) is 0.875. The SMILES string of the molecule is CC12CC(C=O)CCC1O2. The van der Waals surface area contributed by atoms with Crippen LogP contribution in [0.4, 0.5) is 0 Å². The van der Waals surface area contributed by atoms with Gasteiger partial charge in [-0.3, -0.25) is 0 Å². The van der Waals surface area contributed by atoms with Crippen molar-refractivity contribution in [2.24, 2.45) is 5.92 Å². The molecule has 2 rings (SSSR count). The largest absolute Gasteiger partial charge is 0.366 e. The molecule has 3 unspecified atom stereocenters. The van der Waals surface area contributed by atoms with Crippen LogP contribution in [0.5, 0.6) is 0 Å². The molecule has 2 aliphatic rings. The summed E-state index contributed by atoms with van der Waals surface area (Å²) in [5, 5.41) is 0. The van der Waals surface area contributed by atoms with Crippen LogP contribution in [0.1, 0.15) is 26.2 Å². The van der Waals surface area contributed by atoms with E-state index in [0.717, 1.165) is 25.5 Å². The van der Waals surface area contributed by atoms with E-state index in [4.69, 9.17) is 4.74 Å². The minimum absolute atomic E-state index is 0.0871. The van der Waals surface area contributed by atoms with Crippen molar-refractivity contribution in [1.29, 1.82) is 0 Å². The van der Waals surface area contributed by atoms with Gasteiger partial charge in [0.1, 0.15) is 6.29 Å². The Morgan fingerprint density at radius 1 is 1.60 bits per heavy atom. The molecule has 0 aromatic rings. The minimum atomic E-state index is 0.0871. The maximum atomic E-state index is 10.4. The topological polar surface area (TPSA) is 29.6 Å². The van der Waals surface area contributed by atoms with Crippen molar-refractivity contribution in [3.63, 3.8) is 0 Å². The Bertz CT molecular complexity index is 167. The van der Waals surface area contributed by atoms with Crippen LogP contribution in [0.3, 0.4) is 0 Å². The molecule has 0 radical (unpaired) electrons. The molecule has 2 nitrogen and oxygen atoms in total. The van der Waals surface area contributed by atoms with Gasteiger partial charge >= 0.3 is 0 Å². The van der Waals surface area contributed by atoms with Crippen molar-refractivity contribution in [1.82, 2.24) is 0 Å². The van der Waals surface area contributed by atoms with Crippen molar-refractivity contribution >= 4 is 6.29 Å². The highest BCUT2D eigenvalue weighted by atomic mass is 16.6.